The predicted octanol–water partition coefficient (Wildman–Crippen LogP) is 10.8. The van der Waals surface area contributed by atoms with Crippen LogP contribution in [0.4, 0.5) is 0 Å². The summed E-state index contributed by atoms with van der Waals surface area (Å²) in [6.45, 7) is 4.21. The molecule has 368 valence electrons. The zero-order valence-corrected chi connectivity index (χ0v) is 40.3. The molecule has 0 spiro atoms. The fourth-order valence-electron chi connectivity index (χ4n) is 7.42. The number of hydrogen-bond acceptors (Lipinski definition) is 11. The Hall–Kier alpha value is -1.70. The van der Waals surface area contributed by atoms with Gasteiger partial charge in [0.05, 0.1) is 13.2 Å². The summed E-state index contributed by atoms with van der Waals surface area (Å²) in [5.74, 6) is -0.492. The van der Waals surface area contributed by atoms with E-state index < -0.39 is 63.1 Å². The van der Waals surface area contributed by atoms with E-state index in [4.69, 9.17) is 18.5 Å². The van der Waals surface area contributed by atoms with Gasteiger partial charge in [-0.1, -0.05) is 165 Å². The lowest BCUT2D eigenvalue weighted by Crippen LogP contribution is -2.64. The SMILES string of the molecule is CCCCC/C=C\C/C=C\C/C=C\CCCCCCCCC(=O)OC(COCCCCCCCC/C=C\CCCCCCCCC)COP(=O)(O)OC1C(O)C(O)C(O)C(O)C1O. The van der Waals surface area contributed by atoms with Crippen LogP contribution in [0.25, 0.3) is 0 Å². The van der Waals surface area contributed by atoms with Gasteiger partial charge in [0.1, 0.15) is 42.7 Å². The summed E-state index contributed by atoms with van der Waals surface area (Å²) >= 11 is 0. The average molecular weight is 915 g/mol. The first-order valence-electron chi connectivity index (χ1n) is 25.0. The van der Waals surface area contributed by atoms with E-state index in [1.807, 2.05) is 0 Å². The number of allylic oxidation sites excluding steroid dienone is 8. The molecule has 1 saturated carbocycles. The molecule has 6 atom stereocenters. The molecule has 0 amide bonds. The van der Waals surface area contributed by atoms with E-state index in [1.54, 1.807) is 0 Å². The van der Waals surface area contributed by atoms with Crippen molar-refractivity contribution in [2.75, 3.05) is 19.8 Å². The smallest absolute Gasteiger partial charge is 0.457 e. The molecule has 0 radical (unpaired) electrons. The summed E-state index contributed by atoms with van der Waals surface area (Å²) < 4.78 is 34.2. The monoisotopic (exact) mass is 915 g/mol. The third-order valence-electron chi connectivity index (χ3n) is 11.4. The lowest BCUT2D eigenvalue weighted by atomic mass is 9.85. The van der Waals surface area contributed by atoms with E-state index in [9.17, 15) is 39.8 Å². The summed E-state index contributed by atoms with van der Waals surface area (Å²) in [6.07, 6.45) is 37.4. The molecule has 0 bridgehead atoms. The molecule has 1 aliphatic carbocycles. The van der Waals surface area contributed by atoms with Gasteiger partial charge in [0.2, 0.25) is 0 Å². The molecule has 0 aliphatic heterocycles. The Bertz CT molecular complexity index is 1230. The topological polar surface area (TPSA) is 192 Å². The van der Waals surface area contributed by atoms with Crippen LogP contribution in [0, 0.1) is 0 Å². The third kappa shape index (κ3) is 32.6. The van der Waals surface area contributed by atoms with Crippen molar-refractivity contribution in [1.29, 1.82) is 0 Å². The van der Waals surface area contributed by atoms with E-state index >= 15 is 0 Å². The molecule has 0 heterocycles. The van der Waals surface area contributed by atoms with Crippen LogP contribution in [0.5, 0.6) is 0 Å². The molecule has 0 aromatic rings. The number of aliphatic hydroxyl groups is 5. The van der Waals surface area contributed by atoms with Crippen molar-refractivity contribution in [3.63, 3.8) is 0 Å². The molecular formula is C50H91O12P. The van der Waals surface area contributed by atoms with Gasteiger partial charge in [-0.15, -0.1) is 0 Å². The van der Waals surface area contributed by atoms with Crippen molar-refractivity contribution in [1.82, 2.24) is 0 Å². The minimum atomic E-state index is -5.03. The first-order chi connectivity index (χ1) is 30.5. The van der Waals surface area contributed by atoms with Gasteiger partial charge in [-0.05, 0) is 77.0 Å². The Labute approximate surface area is 382 Å². The summed E-state index contributed by atoms with van der Waals surface area (Å²) in [5, 5.41) is 50.3. The highest BCUT2D eigenvalue weighted by molar-refractivity contribution is 7.47. The summed E-state index contributed by atoms with van der Waals surface area (Å²) in [5.41, 5.74) is 0. The van der Waals surface area contributed by atoms with Gasteiger partial charge in [-0.25, -0.2) is 4.57 Å². The van der Waals surface area contributed by atoms with Crippen LogP contribution in [0.15, 0.2) is 48.6 Å². The predicted molar refractivity (Wildman–Crippen MR) is 253 cm³/mol. The lowest BCUT2D eigenvalue weighted by Gasteiger charge is -2.41. The van der Waals surface area contributed by atoms with Crippen LogP contribution in [0.1, 0.15) is 200 Å². The molecular weight excluding hydrogens is 824 g/mol. The number of carbonyl (C=O) groups excluding carboxylic acids is 1. The second-order valence-corrected chi connectivity index (χ2v) is 18.7. The van der Waals surface area contributed by atoms with Gasteiger partial charge in [-0.3, -0.25) is 13.8 Å². The van der Waals surface area contributed by atoms with Gasteiger partial charge in [0.15, 0.2) is 0 Å². The fraction of sp³-hybridized carbons (Fsp3) is 0.820. The second kappa shape index (κ2) is 40.6. The molecule has 0 aromatic carbocycles. The molecule has 63 heavy (non-hydrogen) atoms. The Balaban J connectivity index is 2.38. The minimum absolute atomic E-state index is 0.0868. The summed E-state index contributed by atoms with van der Waals surface area (Å²) in [6, 6.07) is 0. The highest BCUT2D eigenvalue weighted by atomic mass is 31.2. The molecule has 1 rings (SSSR count). The van der Waals surface area contributed by atoms with E-state index in [2.05, 4.69) is 62.5 Å². The van der Waals surface area contributed by atoms with Crippen LogP contribution in [0.2, 0.25) is 0 Å². The number of ether oxygens (including phenoxy) is 2. The molecule has 0 aromatic heterocycles. The zero-order chi connectivity index (χ0) is 46.2. The first-order valence-corrected chi connectivity index (χ1v) is 26.5. The van der Waals surface area contributed by atoms with E-state index in [-0.39, 0.29) is 13.0 Å². The van der Waals surface area contributed by atoms with Crippen molar-refractivity contribution in [2.24, 2.45) is 0 Å². The highest BCUT2D eigenvalue weighted by Gasteiger charge is 2.51. The molecule has 12 nitrogen and oxygen atoms in total. The van der Waals surface area contributed by atoms with Crippen LogP contribution in [0.3, 0.4) is 0 Å². The Kier molecular flexibility index (Phi) is 38.2. The molecule has 1 aliphatic rings. The van der Waals surface area contributed by atoms with Gasteiger partial charge in [-0.2, -0.15) is 0 Å². The maximum atomic E-state index is 12.8. The van der Waals surface area contributed by atoms with Crippen LogP contribution in [-0.4, -0.2) is 98.9 Å². The number of hydrogen-bond donors (Lipinski definition) is 6. The van der Waals surface area contributed by atoms with Crippen molar-refractivity contribution in [3.05, 3.63) is 48.6 Å². The van der Waals surface area contributed by atoms with E-state index in [1.165, 1.54) is 89.9 Å². The lowest BCUT2D eigenvalue weighted by molar-refractivity contribution is -0.220. The fourth-order valence-corrected chi connectivity index (χ4v) is 8.39. The van der Waals surface area contributed by atoms with Crippen LogP contribution >= 0.6 is 7.82 Å². The second-order valence-electron chi connectivity index (χ2n) is 17.3. The van der Waals surface area contributed by atoms with Crippen molar-refractivity contribution >= 4 is 13.8 Å². The first kappa shape index (κ1) is 59.3. The van der Waals surface area contributed by atoms with E-state index in [0.717, 1.165) is 83.5 Å². The number of aliphatic hydroxyl groups excluding tert-OH is 5. The quantitative estimate of drug-likeness (QED) is 0.0147. The normalized spacial score (nSPS) is 22.2. The van der Waals surface area contributed by atoms with Crippen molar-refractivity contribution in [3.8, 4) is 0 Å². The standard InChI is InChI=1S/C50H91O12P/c1-3-5-7-9-11-13-15-17-19-21-22-23-25-27-29-31-33-35-37-39-44(51)61-43(42-60-63(57,58)62-50-48(55)46(53)45(52)47(54)49(50)56)41-59-40-38-36-34-32-30-28-26-24-20-18-16-14-12-10-8-6-4-2/h11,13,17,19-20,22-24,43,45-50,52-56H,3-10,12,14-16,18,21,25-42H2,1-2H3,(H,57,58)/b13-11-,19-17-,23-22-,24-20-. The third-order valence-corrected chi connectivity index (χ3v) is 12.4. The maximum Gasteiger partial charge on any atom is 0.472 e. The number of rotatable bonds is 42. The number of phosphoric ester groups is 1. The van der Waals surface area contributed by atoms with Gasteiger partial charge in [0.25, 0.3) is 0 Å². The van der Waals surface area contributed by atoms with Crippen LogP contribution in [-0.2, 0) is 27.9 Å². The Morgan fingerprint density at radius 2 is 0.889 bits per heavy atom. The average Bonchev–Trinajstić information content (AvgIpc) is 3.27. The van der Waals surface area contributed by atoms with Gasteiger partial charge < -0.3 is 39.9 Å². The Morgan fingerprint density at radius 1 is 0.508 bits per heavy atom. The minimum Gasteiger partial charge on any atom is -0.457 e. The molecule has 1 fully saturated rings. The molecule has 6 unspecified atom stereocenters. The zero-order valence-electron chi connectivity index (χ0n) is 39.4. The molecule has 6 N–H and O–H groups in total. The summed E-state index contributed by atoms with van der Waals surface area (Å²) in [4.78, 5) is 23.2. The maximum absolute atomic E-state index is 12.8. The molecule has 13 heteroatoms. The van der Waals surface area contributed by atoms with E-state index in [0.29, 0.717) is 13.0 Å². The largest absolute Gasteiger partial charge is 0.472 e. The van der Waals surface area contributed by atoms with Crippen LogP contribution < -0.4 is 0 Å². The van der Waals surface area contributed by atoms with Crippen molar-refractivity contribution in [2.45, 2.75) is 243 Å². The summed E-state index contributed by atoms with van der Waals surface area (Å²) in [7, 11) is -5.03. The van der Waals surface area contributed by atoms with Crippen molar-refractivity contribution < 1.29 is 58.3 Å². The number of phosphoric acid groups is 1. The number of carbonyl (C=O) groups is 1. The van der Waals surface area contributed by atoms with Gasteiger partial charge >= 0.3 is 13.8 Å². The Morgan fingerprint density at radius 3 is 1.40 bits per heavy atom. The van der Waals surface area contributed by atoms with Gasteiger partial charge in [0, 0.05) is 13.0 Å². The number of unbranched alkanes of at least 4 members (excludes halogenated alkanes) is 22. The molecule has 0 saturated heterocycles. The highest BCUT2D eigenvalue weighted by Crippen LogP contribution is 2.47. The number of esters is 1.